The maximum atomic E-state index is 12.0. The first kappa shape index (κ1) is 16.8. The van der Waals surface area contributed by atoms with E-state index in [9.17, 15) is 14.7 Å². The second kappa shape index (κ2) is 6.92. The summed E-state index contributed by atoms with van der Waals surface area (Å²) in [6, 6.07) is 16.7. The number of imidazole rings is 1. The number of carbonyl (C=O) groups is 2. The molecule has 0 atom stereocenters. The van der Waals surface area contributed by atoms with Crippen LogP contribution in [-0.2, 0) is 16.1 Å². The molecule has 1 aliphatic heterocycles. The molecule has 0 saturated carbocycles. The number of phenolic OH excluding ortho intramolecular Hbond substituents is 1. The van der Waals surface area contributed by atoms with Crippen molar-refractivity contribution < 1.29 is 14.7 Å². The van der Waals surface area contributed by atoms with E-state index in [-0.39, 0.29) is 24.0 Å². The van der Waals surface area contributed by atoms with E-state index < -0.39 is 0 Å². The number of hydrogen-bond acceptors (Lipinski definition) is 4. The maximum Gasteiger partial charge on any atom is 0.254 e. The average molecular weight is 359 g/mol. The Bertz CT molecular complexity index is 1050. The largest absolute Gasteiger partial charge is 0.508 e. The number of amides is 2. The van der Waals surface area contributed by atoms with Gasteiger partial charge in [0, 0.05) is 17.7 Å². The average Bonchev–Trinajstić information content (AvgIpc) is 3.19. The highest BCUT2D eigenvalue weighted by molar-refractivity contribution is 6.15. The number of aromatic nitrogens is 2. The van der Waals surface area contributed by atoms with Crippen molar-refractivity contribution >= 4 is 17.9 Å². The van der Waals surface area contributed by atoms with Gasteiger partial charge in [0.25, 0.3) is 5.91 Å². The van der Waals surface area contributed by atoms with Gasteiger partial charge in [-0.1, -0.05) is 42.5 Å². The standard InChI is InChI=1S/C21H17N3O3/c25-17-8-4-5-14(9-17)12-24-13-22-20(15-6-2-1-3-7-15)18(24)10-16-11-19(26)23-21(16)27/h1-10,13,25H,11-12H2,(H,23,26,27)/b16-10+. The number of aromatic hydroxyl groups is 1. The lowest BCUT2D eigenvalue weighted by Gasteiger charge is -2.08. The van der Waals surface area contributed by atoms with Crippen molar-refractivity contribution in [2.24, 2.45) is 0 Å². The van der Waals surface area contributed by atoms with Crippen LogP contribution in [0.1, 0.15) is 17.7 Å². The summed E-state index contributed by atoms with van der Waals surface area (Å²) in [6.45, 7) is 0.475. The zero-order chi connectivity index (χ0) is 18.8. The molecule has 1 saturated heterocycles. The van der Waals surface area contributed by atoms with E-state index >= 15 is 0 Å². The summed E-state index contributed by atoms with van der Waals surface area (Å²) >= 11 is 0. The fourth-order valence-corrected chi connectivity index (χ4v) is 3.12. The highest BCUT2D eigenvalue weighted by Crippen LogP contribution is 2.27. The number of nitrogens with one attached hydrogen (secondary N) is 1. The van der Waals surface area contributed by atoms with Gasteiger partial charge in [0.15, 0.2) is 0 Å². The highest BCUT2D eigenvalue weighted by Gasteiger charge is 2.25. The molecule has 2 N–H and O–H groups in total. The number of rotatable bonds is 4. The van der Waals surface area contributed by atoms with E-state index in [1.807, 2.05) is 41.0 Å². The zero-order valence-electron chi connectivity index (χ0n) is 14.4. The fourth-order valence-electron chi connectivity index (χ4n) is 3.12. The number of nitrogens with zero attached hydrogens (tertiary/aromatic N) is 2. The van der Waals surface area contributed by atoms with Gasteiger partial charge in [-0.15, -0.1) is 0 Å². The third kappa shape index (κ3) is 3.50. The predicted molar refractivity (Wildman–Crippen MR) is 101 cm³/mol. The van der Waals surface area contributed by atoms with Crippen LogP contribution in [0.25, 0.3) is 17.3 Å². The van der Waals surface area contributed by atoms with Crippen LogP contribution in [0.5, 0.6) is 5.75 Å². The summed E-state index contributed by atoms with van der Waals surface area (Å²) in [5.41, 5.74) is 3.71. The molecule has 2 amide bonds. The van der Waals surface area contributed by atoms with Crippen molar-refractivity contribution in [3.05, 3.63) is 77.8 Å². The normalized spacial score (nSPS) is 15.3. The van der Waals surface area contributed by atoms with Crippen LogP contribution in [-0.4, -0.2) is 26.5 Å². The Morgan fingerprint density at radius 1 is 1.11 bits per heavy atom. The van der Waals surface area contributed by atoms with Crippen LogP contribution in [0.15, 0.2) is 66.5 Å². The lowest BCUT2D eigenvalue weighted by Crippen LogP contribution is -2.19. The molecule has 134 valence electrons. The van der Waals surface area contributed by atoms with Crippen LogP contribution in [0.3, 0.4) is 0 Å². The molecule has 0 unspecified atom stereocenters. The summed E-state index contributed by atoms with van der Waals surface area (Å²) in [5, 5.41) is 12.0. The third-order valence-corrected chi connectivity index (χ3v) is 4.40. The molecule has 2 aromatic carbocycles. The molecule has 27 heavy (non-hydrogen) atoms. The van der Waals surface area contributed by atoms with Gasteiger partial charge in [-0.25, -0.2) is 4.98 Å². The van der Waals surface area contributed by atoms with Gasteiger partial charge in [0.1, 0.15) is 5.75 Å². The first-order valence-corrected chi connectivity index (χ1v) is 8.53. The SMILES string of the molecule is O=C1C/C(=C\c2c(-c3ccccc3)ncn2Cc2cccc(O)c2)C(=O)N1. The molecular weight excluding hydrogens is 342 g/mol. The Kier molecular flexibility index (Phi) is 4.30. The Labute approximate surface area is 155 Å². The molecule has 0 bridgehead atoms. The van der Waals surface area contributed by atoms with Gasteiger partial charge in [0.05, 0.1) is 24.1 Å². The zero-order valence-corrected chi connectivity index (χ0v) is 14.4. The molecule has 6 heteroatoms. The Morgan fingerprint density at radius 2 is 1.93 bits per heavy atom. The lowest BCUT2D eigenvalue weighted by molar-refractivity contribution is -0.124. The summed E-state index contributed by atoms with van der Waals surface area (Å²) in [6.07, 6.45) is 3.48. The summed E-state index contributed by atoms with van der Waals surface area (Å²) in [4.78, 5) is 28.1. The van der Waals surface area contributed by atoms with E-state index in [4.69, 9.17) is 0 Å². The van der Waals surface area contributed by atoms with E-state index in [2.05, 4.69) is 10.3 Å². The van der Waals surface area contributed by atoms with Crippen LogP contribution < -0.4 is 5.32 Å². The molecule has 0 aliphatic carbocycles. The molecule has 1 fully saturated rings. The topological polar surface area (TPSA) is 84.2 Å². The predicted octanol–water partition coefficient (Wildman–Crippen LogP) is 2.73. The minimum absolute atomic E-state index is 0.0599. The van der Waals surface area contributed by atoms with E-state index in [0.29, 0.717) is 12.1 Å². The Hall–Kier alpha value is -3.67. The number of imide groups is 1. The second-order valence-corrected chi connectivity index (χ2v) is 6.37. The first-order chi connectivity index (χ1) is 13.1. The van der Waals surface area contributed by atoms with Gasteiger partial charge >= 0.3 is 0 Å². The maximum absolute atomic E-state index is 12.0. The minimum Gasteiger partial charge on any atom is -0.508 e. The number of phenols is 1. The smallest absolute Gasteiger partial charge is 0.254 e. The van der Waals surface area contributed by atoms with Crippen molar-refractivity contribution in [1.29, 1.82) is 0 Å². The first-order valence-electron chi connectivity index (χ1n) is 8.53. The van der Waals surface area contributed by atoms with Gasteiger partial charge in [0.2, 0.25) is 5.91 Å². The number of benzene rings is 2. The van der Waals surface area contributed by atoms with Gasteiger partial charge in [-0.2, -0.15) is 0 Å². The Balaban J connectivity index is 1.80. The molecule has 0 spiro atoms. The summed E-state index contributed by atoms with van der Waals surface area (Å²) < 4.78 is 1.90. The molecule has 6 nitrogen and oxygen atoms in total. The summed E-state index contributed by atoms with van der Waals surface area (Å²) in [7, 11) is 0. The van der Waals surface area contributed by atoms with Crippen molar-refractivity contribution in [2.75, 3.05) is 0 Å². The van der Waals surface area contributed by atoms with Crippen molar-refractivity contribution in [1.82, 2.24) is 14.9 Å². The second-order valence-electron chi connectivity index (χ2n) is 6.37. The van der Waals surface area contributed by atoms with E-state index in [1.165, 1.54) is 0 Å². The van der Waals surface area contributed by atoms with Crippen molar-refractivity contribution in [3.8, 4) is 17.0 Å². The van der Waals surface area contributed by atoms with Crippen LogP contribution in [0.2, 0.25) is 0 Å². The molecule has 1 aliphatic rings. The molecule has 2 heterocycles. The van der Waals surface area contributed by atoms with Gasteiger partial charge < -0.3 is 9.67 Å². The molecule has 1 aromatic heterocycles. The van der Waals surface area contributed by atoms with E-state index in [0.717, 1.165) is 22.5 Å². The van der Waals surface area contributed by atoms with Crippen LogP contribution in [0.4, 0.5) is 0 Å². The van der Waals surface area contributed by atoms with Crippen molar-refractivity contribution in [3.63, 3.8) is 0 Å². The minimum atomic E-state index is -0.371. The highest BCUT2D eigenvalue weighted by atomic mass is 16.3. The molecule has 4 rings (SSSR count). The third-order valence-electron chi connectivity index (χ3n) is 4.40. The monoisotopic (exact) mass is 359 g/mol. The lowest BCUT2D eigenvalue weighted by atomic mass is 10.1. The molecular formula is C21H17N3O3. The number of hydrogen-bond donors (Lipinski definition) is 2. The quantitative estimate of drug-likeness (QED) is 0.554. The Morgan fingerprint density at radius 3 is 2.63 bits per heavy atom. The van der Waals surface area contributed by atoms with Gasteiger partial charge in [-0.05, 0) is 23.8 Å². The van der Waals surface area contributed by atoms with E-state index in [1.54, 1.807) is 30.6 Å². The van der Waals surface area contributed by atoms with Crippen LogP contribution in [0, 0.1) is 0 Å². The van der Waals surface area contributed by atoms with Gasteiger partial charge in [-0.3, -0.25) is 14.9 Å². The van der Waals surface area contributed by atoms with Crippen molar-refractivity contribution in [2.45, 2.75) is 13.0 Å². The van der Waals surface area contributed by atoms with Crippen LogP contribution >= 0.6 is 0 Å². The summed E-state index contributed by atoms with van der Waals surface area (Å²) in [5.74, 6) is -0.479. The molecule has 3 aromatic rings. The fraction of sp³-hybridized carbons (Fsp3) is 0.0952. The molecule has 0 radical (unpaired) electrons. The number of carbonyl (C=O) groups excluding carboxylic acids is 2.